The van der Waals surface area contributed by atoms with Crippen molar-refractivity contribution in [2.45, 2.75) is 13.5 Å². The summed E-state index contributed by atoms with van der Waals surface area (Å²) in [5.74, 6) is -0.0437. The molecule has 0 unspecified atom stereocenters. The van der Waals surface area contributed by atoms with Gasteiger partial charge in [-0.25, -0.2) is 0 Å². The molecule has 5 nitrogen and oxygen atoms in total. The van der Waals surface area contributed by atoms with E-state index in [9.17, 15) is 9.59 Å². The lowest BCUT2D eigenvalue weighted by atomic mass is 10.1. The fourth-order valence-electron chi connectivity index (χ4n) is 2.96. The van der Waals surface area contributed by atoms with Crippen LogP contribution in [0, 0.1) is 0 Å². The molecule has 1 aromatic heterocycles. The minimum absolute atomic E-state index is 0.0437. The molecular weight excluding hydrogens is 278 g/mol. The normalized spacial score (nSPS) is 16.2. The second-order valence-electron chi connectivity index (χ2n) is 5.76. The molecule has 22 heavy (non-hydrogen) atoms. The van der Waals surface area contributed by atoms with Crippen LogP contribution in [0.3, 0.4) is 0 Å². The first-order valence-corrected chi connectivity index (χ1v) is 7.72. The number of rotatable bonds is 2. The van der Waals surface area contributed by atoms with Gasteiger partial charge in [-0.15, -0.1) is 0 Å². The van der Waals surface area contributed by atoms with Crippen molar-refractivity contribution in [3.63, 3.8) is 0 Å². The van der Waals surface area contributed by atoms with Crippen molar-refractivity contribution in [3.8, 4) is 0 Å². The van der Waals surface area contributed by atoms with E-state index in [1.807, 2.05) is 42.2 Å². The smallest absolute Gasteiger partial charge is 0.270 e. The number of piperazine rings is 1. The van der Waals surface area contributed by atoms with Gasteiger partial charge in [-0.3, -0.25) is 9.59 Å². The summed E-state index contributed by atoms with van der Waals surface area (Å²) in [6.07, 6.45) is 0. The number of aromatic nitrogens is 1. The Morgan fingerprint density at radius 3 is 2.50 bits per heavy atom. The van der Waals surface area contributed by atoms with E-state index in [1.54, 1.807) is 4.57 Å². The van der Waals surface area contributed by atoms with Gasteiger partial charge in [0.15, 0.2) is 0 Å². The summed E-state index contributed by atoms with van der Waals surface area (Å²) in [6, 6.07) is 9.29. The lowest BCUT2D eigenvalue weighted by molar-refractivity contribution is 0.0652. The van der Waals surface area contributed by atoms with Crippen molar-refractivity contribution >= 4 is 16.7 Å². The van der Waals surface area contributed by atoms with Crippen LogP contribution >= 0.6 is 0 Å². The van der Waals surface area contributed by atoms with Gasteiger partial charge < -0.3 is 14.4 Å². The number of carbonyl (C=O) groups excluding carboxylic acids is 1. The number of amides is 1. The van der Waals surface area contributed by atoms with E-state index in [0.29, 0.717) is 30.7 Å². The first kappa shape index (κ1) is 14.8. The van der Waals surface area contributed by atoms with Crippen LogP contribution < -0.4 is 5.56 Å². The molecule has 0 atom stereocenters. The third-order valence-electron chi connectivity index (χ3n) is 4.35. The van der Waals surface area contributed by atoms with Crippen LogP contribution in [0.1, 0.15) is 17.4 Å². The zero-order valence-corrected chi connectivity index (χ0v) is 13.1. The SMILES string of the molecule is CCn1c(C(=O)N2CCN(C)CC2)cc2ccccc2c1=O. The molecule has 1 saturated heterocycles. The van der Waals surface area contributed by atoms with Crippen molar-refractivity contribution in [1.82, 2.24) is 14.4 Å². The predicted octanol–water partition coefficient (Wildman–Crippen LogP) is 1.41. The Balaban J connectivity index is 2.06. The first-order chi connectivity index (χ1) is 10.6. The molecule has 5 heteroatoms. The summed E-state index contributed by atoms with van der Waals surface area (Å²) in [5.41, 5.74) is 0.411. The van der Waals surface area contributed by atoms with Gasteiger partial charge in [0.25, 0.3) is 11.5 Å². The lowest BCUT2D eigenvalue weighted by Crippen LogP contribution is -2.48. The van der Waals surface area contributed by atoms with Crippen LogP contribution in [-0.4, -0.2) is 53.5 Å². The highest BCUT2D eigenvalue weighted by molar-refractivity contribution is 5.96. The maximum Gasteiger partial charge on any atom is 0.270 e. The molecule has 116 valence electrons. The molecule has 0 bridgehead atoms. The van der Waals surface area contributed by atoms with E-state index >= 15 is 0 Å². The summed E-state index contributed by atoms with van der Waals surface area (Å²) < 4.78 is 1.59. The summed E-state index contributed by atoms with van der Waals surface area (Å²) in [4.78, 5) is 29.5. The highest BCUT2D eigenvalue weighted by atomic mass is 16.2. The summed E-state index contributed by atoms with van der Waals surface area (Å²) in [5, 5.41) is 1.49. The minimum atomic E-state index is -0.0851. The lowest BCUT2D eigenvalue weighted by Gasteiger charge is -2.32. The summed E-state index contributed by atoms with van der Waals surface area (Å²) >= 11 is 0. The average Bonchev–Trinajstić information content (AvgIpc) is 2.55. The zero-order chi connectivity index (χ0) is 15.7. The molecular formula is C17H21N3O2. The second kappa shape index (κ2) is 5.93. The van der Waals surface area contributed by atoms with Crippen molar-refractivity contribution in [2.24, 2.45) is 0 Å². The second-order valence-corrected chi connectivity index (χ2v) is 5.76. The first-order valence-electron chi connectivity index (χ1n) is 7.72. The van der Waals surface area contributed by atoms with Crippen molar-refractivity contribution < 1.29 is 4.79 Å². The Morgan fingerprint density at radius 2 is 1.82 bits per heavy atom. The van der Waals surface area contributed by atoms with Gasteiger partial charge in [0.2, 0.25) is 0 Å². The van der Waals surface area contributed by atoms with Gasteiger partial charge in [0.05, 0.1) is 0 Å². The molecule has 1 fully saturated rings. The van der Waals surface area contributed by atoms with Crippen molar-refractivity contribution in [3.05, 3.63) is 46.4 Å². The number of pyridine rings is 1. The van der Waals surface area contributed by atoms with Crippen LogP contribution in [0.2, 0.25) is 0 Å². The zero-order valence-electron chi connectivity index (χ0n) is 13.1. The van der Waals surface area contributed by atoms with E-state index in [-0.39, 0.29) is 11.5 Å². The Kier molecular flexibility index (Phi) is 3.98. The summed E-state index contributed by atoms with van der Waals surface area (Å²) in [7, 11) is 2.06. The number of hydrogen-bond donors (Lipinski definition) is 0. The maximum atomic E-state index is 12.8. The topological polar surface area (TPSA) is 45.6 Å². The minimum Gasteiger partial charge on any atom is -0.335 e. The van der Waals surface area contributed by atoms with Crippen LogP contribution in [0.25, 0.3) is 10.8 Å². The van der Waals surface area contributed by atoms with Gasteiger partial charge in [0, 0.05) is 38.1 Å². The third-order valence-corrected chi connectivity index (χ3v) is 4.35. The van der Waals surface area contributed by atoms with Crippen molar-refractivity contribution in [2.75, 3.05) is 33.2 Å². The third kappa shape index (κ3) is 2.52. The van der Waals surface area contributed by atoms with E-state index in [0.717, 1.165) is 18.5 Å². The van der Waals surface area contributed by atoms with E-state index < -0.39 is 0 Å². The summed E-state index contributed by atoms with van der Waals surface area (Å²) in [6.45, 7) is 5.56. The molecule has 0 aliphatic carbocycles. The molecule has 0 radical (unpaired) electrons. The quantitative estimate of drug-likeness (QED) is 0.842. The molecule has 2 heterocycles. The maximum absolute atomic E-state index is 12.8. The predicted molar refractivity (Wildman–Crippen MR) is 87.3 cm³/mol. The molecule has 1 aliphatic rings. The van der Waals surface area contributed by atoms with Crippen LogP contribution in [0.15, 0.2) is 35.1 Å². The number of benzene rings is 1. The Bertz CT molecular complexity index is 758. The molecule has 0 N–H and O–H groups in total. The number of likely N-dealkylation sites (N-methyl/N-ethyl adjacent to an activating group) is 1. The van der Waals surface area contributed by atoms with Crippen LogP contribution in [0.4, 0.5) is 0 Å². The van der Waals surface area contributed by atoms with Gasteiger partial charge in [-0.1, -0.05) is 18.2 Å². The molecule has 3 rings (SSSR count). The number of nitrogens with zero attached hydrogens (tertiary/aromatic N) is 3. The molecule has 2 aromatic rings. The van der Waals surface area contributed by atoms with Gasteiger partial charge in [-0.05, 0) is 31.5 Å². The fourth-order valence-corrected chi connectivity index (χ4v) is 2.96. The van der Waals surface area contributed by atoms with Crippen LogP contribution in [-0.2, 0) is 6.54 Å². The van der Waals surface area contributed by atoms with Gasteiger partial charge >= 0.3 is 0 Å². The largest absolute Gasteiger partial charge is 0.335 e. The standard InChI is InChI=1S/C17H21N3O2/c1-3-20-15(17(22)19-10-8-18(2)9-11-19)12-13-6-4-5-7-14(13)16(20)21/h4-7,12H,3,8-11H2,1-2H3. The fraction of sp³-hybridized carbons (Fsp3) is 0.412. The van der Waals surface area contributed by atoms with Gasteiger partial charge in [-0.2, -0.15) is 0 Å². The highest BCUT2D eigenvalue weighted by Crippen LogP contribution is 2.14. The molecule has 1 aliphatic heterocycles. The van der Waals surface area contributed by atoms with E-state index in [1.165, 1.54) is 0 Å². The Hall–Kier alpha value is -2.14. The number of carbonyl (C=O) groups is 1. The van der Waals surface area contributed by atoms with Crippen molar-refractivity contribution in [1.29, 1.82) is 0 Å². The average molecular weight is 299 g/mol. The molecule has 1 amide bonds. The molecule has 0 spiro atoms. The van der Waals surface area contributed by atoms with Crippen LogP contribution in [0.5, 0.6) is 0 Å². The van der Waals surface area contributed by atoms with Gasteiger partial charge in [0.1, 0.15) is 5.69 Å². The molecule has 0 saturated carbocycles. The highest BCUT2D eigenvalue weighted by Gasteiger charge is 2.23. The van der Waals surface area contributed by atoms with E-state index in [2.05, 4.69) is 11.9 Å². The number of hydrogen-bond acceptors (Lipinski definition) is 3. The number of fused-ring (bicyclic) bond motifs is 1. The molecule has 1 aromatic carbocycles. The Labute approximate surface area is 129 Å². The van der Waals surface area contributed by atoms with E-state index in [4.69, 9.17) is 0 Å². The monoisotopic (exact) mass is 299 g/mol. The Morgan fingerprint density at radius 1 is 1.14 bits per heavy atom.